The fourth-order valence-corrected chi connectivity index (χ4v) is 2.86. The van der Waals surface area contributed by atoms with E-state index in [0.717, 1.165) is 38.0 Å². The molecule has 0 saturated carbocycles. The van der Waals surface area contributed by atoms with Crippen molar-refractivity contribution in [1.29, 1.82) is 0 Å². The van der Waals surface area contributed by atoms with E-state index in [4.69, 9.17) is 0 Å². The lowest BCUT2D eigenvalue weighted by atomic mass is 10.1. The normalized spacial score (nSPS) is 10.3. The number of benzene rings is 2. The van der Waals surface area contributed by atoms with Gasteiger partial charge in [-0.1, -0.05) is 25.5 Å². The lowest BCUT2D eigenvalue weighted by Crippen LogP contribution is -2.29. The zero-order valence-electron chi connectivity index (χ0n) is 16.4. The molecular formula is C22H29N3O2. The molecule has 0 atom stereocenters. The van der Waals surface area contributed by atoms with Gasteiger partial charge in [-0.3, -0.25) is 9.59 Å². The Morgan fingerprint density at radius 2 is 1.26 bits per heavy atom. The van der Waals surface area contributed by atoms with Crippen LogP contribution in [-0.2, 0) is 16.0 Å². The van der Waals surface area contributed by atoms with Crippen molar-refractivity contribution in [2.75, 3.05) is 28.6 Å². The molecule has 144 valence electrons. The molecule has 2 amide bonds. The molecule has 0 aliphatic rings. The smallest absolute Gasteiger partial charge is 0.314 e. The molecule has 5 heteroatoms. The van der Waals surface area contributed by atoms with Crippen LogP contribution in [0.5, 0.6) is 0 Å². The number of unbranched alkanes of at least 4 members (excludes halogenated alkanes) is 1. The Balaban J connectivity index is 1.90. The number of amides is 2. The minimum Gasteiger partial charge on any atom is -0.372 e. The number of rotatable bonds is 8. The van der Waals surface area contributed by atoms with Crippen molar-refractivity contribution in [3.05, 3.63) is 54.1 Å². The molecule has 5 nitrogen and oxygen atoms in total. The second kappa shape index (κ2) is 10.4. The van der Waals surface area contributed by atoms with Crippen LogP contribution in [0.3, 0.4) is 0 Å². The Bertz CT molecular complexity index is 735. The lowest BCUT2D eigenvalue weighted by molar-refractivity contribution is -0.132. The van der Waals surface area contributed by atoms with E-state index in [1.54, 1.807) is 12.1 Å². The number of hydrogen-bond acceptors (Lipinski definition) is 3. The minimum absolute atomic E-state index is 0.598. The molecule has 2 aromatic rings. The van der Waals surface area contributed by atoms with Crippen molar-refractivity contribution >= 4 is 28.9 Å². The summed E-state index contributed by atoms with van der Waals surface area (Å²) in [7, 11) is 0. The molecule has 27 heavy (non-hydrogen) atoms. The average Bonchev–Trinajstić information content (AvgIpc) is 2.69. The van der Waals surface area contributed by atoms with E-state index in [1.807, 2.05) is 36.4 Å². The van der Waals surface area contributed by atoms with Gasteiger partial charge in [-0.05, 0) is 68.7 Å². The van der Waals surface area contributed by atoms with Crippen molar-refractivity contribution < 1.29 is 9.59 Å². The van der Waals surface area contributed by atoms with Crippen LogP contribution >= 0.6 is 0 Å². The molecule has 0 saturated heterocycles. The number of hydrogen-bond donors (Lipinski definition) is 2. The van der Waals surface area contributed by atoms with Crippen LogP contribution in [0.2, 0.25) is 0 Å². The molecule has 0 bridgehead atoms. The van der Waals surface area contributed by atoms with E-state index in [1.165, 1.54) is 5.56 Å². The molecule has 0 heterocycles. The highest BCUT2D eigenvalue weighted by Crippen LogP contribution is 2.18. The summed E-state index contributed by atoms with van der Waals surface area (Å²) < 4.78 is 0. The largest absolute Gasteiger partial charge is 0.372 e. The molecular weight excluding hydrogens is 338 g/mol. The number of nitrogens with zero attached hydrogens (tertiary/aromatic N) is 1. The summed E-state index contributed by atoms with van der Waals surface area (Å²) in [5, 5.41) is 5.27. The van der Waals surface area contributed by atoms with E-state index in [9.17, 15) is 9.59 Å². The second-order valence-corrected chi connectivity index (χ2v) is 6.43. The molecule has 0 aliphatic carbocycles. The highest BCUT2D eigenvalue weighted by Gasteiger charge is 2.14. The zero-order valence-corrected chi connectivity index (χ0v) is 16.4. The summed E-state index contributed by atoms with van der Waals surface area (Å²) in [6.45, 7) is 8.19. The van der Waals surface area contributed by atoms with Gasteiger partial charge in [0, 0.05) is 30.2 Å². The van der Waals surface area contributed by atoms with E-state index >= 15 is 0 Å². The number of anilines is 3. The standard InChI is InChI=1S/C22H29N3O2/c1-4-7-8-17-9-11-18(12-10-17)23-21(26)22(27)24-19-13-15-20(16-14-19)25(5-2)6-3/h9-16H,4-8H2,1-3H3,(H,23,26)(H,24,27). The topological polar surface area (TPSA) is 61.4 Å². The summed E-state index contributed by atoms with van der Waals surface area (Å²) >= 11 is 0. The number of carbonyl (C=O) groups is 2. The number of nitrogens with one attached hydrogen (secondary N) is 2. The Labute approximate surface area is 161 Å². The third kappa shape index (κ3) is 6.13. The summed E-state index contributed by atoms with van der Waals surface area (Å²) in [6.07, 6.45) is 3.31. The van der Waals surface area contributed by atoms with Crippen molar-refractivity contribution in [2.24, 2.45) is 0 Å². The molecule has 2 N–H and O–H groups in total. The fraction of sp³-hybridized carbons (Fsp3) is 0.364. The number of carbonyl (C=O) groups excluding carboxylic acids is 2. The maximum atomic E-state index is 12.1. The third-order valence-corrected chi connectivity index (χ3v) is 4.49. The molecule has 0 radical (unpaired) electrons. The molecule has 2 aromatic carbocycles. The molecule has 0 spiro atoms. The Kier molecular flexibility index (Phi) is 7.86. The van der Waals surface area contributed by atoms with Gasteiger partial charge in [0.15, 0.2) is 0 Å². The first-order valence-electron chi connectivity index (χ1n) is 9.63. The fourth-order valence-electron chi connectivity index (χ4n) is 2.86. The Morgan fingerprint density at radius 1 is 0.778 bits per heavy atom. The van der Waals surface area contributed by atoms with Crippen molar-refractivity contribution in [1.82, 2.24) is 0 Å². The minimum atomic E-state index is -0.680. The maximum Gasteiger partial charge on any atom is 0.314 e. The molecule has 0 unspecified atom stereocenters. The van der Waals surface area contributed by atoms with Crippen LogP contribution in [0.1, 0.15) is 39.2 Å². The zero-order chi connectivity index (χ0) is 19.6. The highest BCUT2D eigenvalue weighted by atomic mass is 16.2. The van der Waals surface area contributed by atoms with Gasteiger partial charge in [-0.25, -0.2) is 0 Å². The van der Waals surface area contributed by atoms with Crippen LogP contribution in [0.25, 0.3) is 0 Å². The monoisotopic (exact) mass is 367 g/mol. The van der Waals surface area contributed by atoms with Gasteiger partial charge >= 0.3 is 11.8 Å². The lowest BCUT2D eigenvalue weighted by Gasteiger charge is -2.21. The number of aryl methyl sites for hydroxylation is 1. The second-order valence-electron chi connectivity index (χ2n) is 6.43. The predicted molar refractivity (Wildman–Crippen MR) is 112 cm³/mol. The van der Waals surface area contributed by atoms with Crippen molar-refractivity contribution in [2.45, 2.75) is 40.0 Å². The highest BCUT2D eigenvalue weighted by molar-refractivity contribution is 6.43. The first-order valence-corrected chi connectivity index (χ1v) is 9.63. The van der Waals surface area contributed by atoms with Crippen molar-refractivity contribution in [3.8, 4) is 0 Å². The predicted octanol–water partition coefficient (Wildman–Crippen LogP) is 4.45. The van der Waals surface area contributed by atoms with Crippen LogP contribution in [-0.4, -0.2) is 24.9 Å². The Morgan fingerprint density at radius 3 is 1.70 bits per heavy atom. The van der Waals surface area contributed by atoms with Gasteiger partial charge in [-0.15, -0.1) is 0 Å². The SMILES string of the molecule is CCCCc1ccc(NC(=O)C(=O)Nc2ccc(N(CC)CC)cc2)cc1. The van der Waals surface area contributed by atoms with Crippen LogP contribution in [0, 0.1) is 0 Å². The summed E-state index contributed by atoms with van der Waals surface area (Å²) in [5.74, 6) is -1.36. The summed E-state index contributed by atoms with van der Waals surface area (Å²) in [4.78, 5) is 26.4. The Hall–Kier alpha value is -2.82. The average molecular weight is 367 g/mol. The van der Waals surface area contributed by atoms with E-state index < -0.39 is 11.8 Å². The van der Waals surface area contributed by atoms with E-state index in [0.29, 0.717) is 11.4 Å². The third-order valence-electron chi connectivity index (χ3n) is 4.49. The van der Waals surface area contributed by atoms with Crippen LogP contribution in [0.15, 0.2) is 48.5 Å². The van der Waals surface area contributed by atoms with Gasteiger partial charge in [0.2, 0.25) is 0 Å². The van der Waals surface area contributed by atoms with Gasteiger partial charge in [0.05, 0.1) is 0 Å². The molecule has 0 aliphatic heterocycles. The first-order chi connectivity index (χ1) is 13.1. The van der Waals surface area contributed by atoms with Gasteiger partial charge < -0.3 is 15.5 Å². The van der Waals surface area contributed by atoms with E-state index in [-0.39, 0.29) is 0 Å². The summed E-state index contributed by atoms with van der Waals surface area (Å²) in [6, 6.07) is 15.1. The summed E-state index contributed by atoms with van der Waals surface area (Å²) in [5.41, 5.74) is 3.53. The molecule has 0 fully saturated rings. The van der Waals surface area contributed by atoms with Gasteiger partial charge in [0.1, 0.15) is 0 Å². The molecule has 2 rings (SSSR count). The van der Waals surface area contributed by atoms with Crippen LogP contribution in [0.4, 0.5) is 17.1 Å². The van der Waals surface area contributed by atoms with Crippen LogP contribution < -0.4 is 15.5 Å². The van der Waals surface area contributed by atoms with Gasteiger partial charge in [-0.2, -0.15) is 0 Å². The quantitative estimate of drug-likeness (QED) is 0.678. The molecule has 0 aromatic heterocycles. The van der Waals surface area contributed by atoms with Crippen molar-refractivity contribution in [3.63, 3.8) is 0 Å². The van der Waals surface area contributed by atoms with Gasteiger partial charge in [0.25, 0.3) is 0 Å². The first kappa shape index (κ1) is 20.5. The maximum absolute atomic E-state index is 12.1. The van der Waals surface area contributed by atoms with E-state index in [2.05, 4.69) is 36.3 Å².